The van der Waals surface area contributed by atoms with Crippen molar-refractivity contribution in [1.82, 2.24) is 0 Å². The third-order valence-electron chi connectivity index (χ3n) is 2.69. The average Bonchev–Trinajstić information content (AvgIpc) is 2.63. The van der Waals surface area contributed by atoms with E-state index in [0.29, 0.717) is 0 Å². The van der Waals surface area contributed by atoms with Gasteiger partial charge in [-0.3, -0.25) is 0 Å². The van der Waals surface area contributed by atoms with Crippen LogP contribution in [0.1, 0.15) is 11.1 Å². The molecule has 0 aliphatic carbocycles. The van der Waals surface area contributed by atoms with E-state index >= 15 is 0 Å². The van der Waals surface area contributed by atoms with Gasteiger partial charge < -0.3 is 0 Å². The second-order valence-electron chi connectivity index (χ2n) is 4.39. The first-order valence-corrected chi connectivity index (χ1v) is 7.07. The molecule has 0 radical (unpaired) electrons. The Morgan fingerprint density at radius 1 is 0.364 bits per heavy atom. The summed E-state index contributed by atoms with van der Waals surface area (Å²) in [5, 5.41) is 0. The fraction of sp³-hybridized carbons (Fsp3) is 0. The van der Waals surface area contributed by atoms with Crippen LogP contribution in [0, 0.1) is 23.7 Å². The molecule has 104 valence electrons. The lowest BCUT2D eigenvalue weighted by Gasteiger charge is -1.84. The van der Waals surface area contributed by atoms with Crippen molar-refractivity contribution in [1.29, 1.82) is 0 Å². The zero-order valence-corrected chi connectivity index (χ0v) is 12.2. The minimum Gasteiger partial charge on any atom is -0.0623 e. The van der Waals surface area contributed by atoms with Gasteiger partial charge in [-0.1, -0.05) is 84.6 Å². The van der Waals surface area contributed by atoms with Gasteiger partial charge in [0.25, 0.3) is 0 Å². The minimum absolute atomic E-state index is 0.991. The average molecular weight is 280 g/mol. The molecule has 0 heterocycles. The highest BCUT2D eigenvalue weighted by Crippen LogP contribution is 1.95. The number of benzene rings is 3. The largest absolute Gasteiger partial charge is 0.0623 e. The molecule has 22 heavy (non-hydrogen) atoms. The first kappa shape index (κ1) is 15.2. The lowest BCUT2D eigenvalue weighted by Crippen LogP contribution is -1.71. The lowest BCUT2D eigenvalue weighted by atomic mass is 10.2. The van der Waals surface area contributed by atoms with E-state index in [-0.39, 0.29) is 0 Å². The molecule has 0 heteroatoms. The Morgan fingerprint density at radius 2 is 0.636 bits per heavy atom. The van der Waals surface area contributed by atoms with Crippen molar-refractivity contribution in [3.63, 3.8) is 0 Å². The molecule has 0 bridgehead atoms. The van der Waals surface area contributed by atoms with Crippen molar-refractivity contribution in [3.8, 4) is 23.7 Å². The lowest BCUT2D eigenvalue weighted by molar-refractivity contribution is 1.65. The van der Waals surface area contributed by atoms with Crippen molar-refractivity contribution in [2.75, 3.05) is 0 Å². The minimum atomic E-state index is 0.991. The Labute approximate surface area is 132 Å². The van der Waals surface area contributed by atoms with Gasteiger partial charge >= 0.3 is 0 Å². The van der Waals surface area contributed by atoms with E-state index < -0.39 is 0 Å². The van der Waals surface area contributed by atoms with Crippen LogP contribution in [-0.4, -0.2) is 0 Å². The maximum absolute atomic E-state index is 2.99. The van der Waals surface area contributed by atoms with Gasteiger partial charge in [0, 0.05) is 11.1 Å². The van der Waals surface area contributed by atoms with Crippen LogP contribution in [0.3, 0.4) is 0 Å². The zero-order valence-electron chi connectivity index (χ0n) is 12.2. The Balaban J connectivity index is 0.000000246. The van der Waals surface area contributed by atoms with E-state index in [4.69, 9.17) is 0 Å². The van der Waals surface area contributed by atoms with Crippen LogP contribution in [0.5, 0.6) is 0 Å². The van der Waals surface area contributed by atoms with Gasteiger partial charge in [-0.25, -0.2) is 0 Å². The zero-order chi connectivity index (χ0) is 15.3. The normalized spacial score (nSPS) is 8.18. The molecule has 0 aliphatic rings. The summed E-state index contributed by atoms with van der Waals surface area (Å²) in [4.78, 5) is 0. The van der Waals surface area contributed by atoms with Crippen molar-refractivity contribution in [3.05, 3.63) is 108 Å². The summed E-state index contributed by atoms with van der Waals surface area (Å²) in [7, 11) is 0. The quantitative estimate of drug-likeness (QED) is 0.520. The molecule has 3 aromatic rings. The van der Waals surface area contributed by atoms with Crippen LogP contribution in [0.2, 0.25) is 0 Å². The van der Waals surface area contributed by atoms with Crippen LogP contribution < -0.4 is 0 Å². The van der Waals surface area contributed by atoms with E-state index in [1.54, 1.807) is 0 Å². The number of hydrogen-bond acceptors (Lipinski definition) is 0. The fourth-order valence-corrected chi connectivity index (χ4v) is 1.63. The van der Waals surface area contributed by atoms with Gasteiger partial charge in [0.1, 0.15) is 0 Å². The molecule has 0 nitrogen and oxygen atoms in total. The highest BCUT2D eigenvalue weighted by Gasteiger charge is 1.80. The SMILES string of the molecule is C(C#Cc1ccccc1)#Cc1ccccc1.c1ccccc1. The van der Waals surface area contributed by atoms with Crippen molar-refractivity contribution in [2.24, 2.45) is 0 Å². The number of hydrogen-bond donors (Lipinski definition) is 0. The van der Waals surface area contributed by atoms with Gasteiger partial charge in [0.05, 0.1) is 0 Å². The molecular formula is C22H16. The summed E-state index contributed by atoms with van der Waals surface area (Å²) >= 11 is 0. The standard InChI is InChI=1S/C16H10.C6H6/c1-3-9-15(10-4-1)13-7-8-14-16-11-5-2-6-12-16;1-2-4-6-5-3-1/h1-6,9-12H;1-6H. The first-order chi connectivity index (χ1) is 10.9. The fourth-order valence-electron chi connectivity index (χ4n) is 1.63. The highest BCUT2D eigenvalue weighted by molar-refractivity contribution is 5.44. The predicted molar refractivity (Wildman–Crippen MR) is 93.1 cm³/mol. The third-order valence-corrected chi connectivity index (χ3v) is 2.69. The second-order valence-corrected chi connectivity index (χ2v) is 4.39. The summed E-state index contributed by atoms with van der Waals surface area (Å²) < 4.78 is 0. The van der Waals surface area contributed by atoms with E-state index in [1.165, 1.54) is 0 Å². The molecule has 0 atom stereocenters. The maximum atomic E-state index is 2.99. The first-order valence-electron chi connectivity index (χ1n) is 7.07. The molecule has 3 aromatic carbocycles. The topological polar surface area (TPSA) is 0 Å². The molecule has 3 rings (SSSR count). The summed E-state index contributed by atoms with van der Waals surface area (Å²) in [6.07, 6.45) is 0. The van der Waals surface area contributed by atoms with Gasteiger partial charge in [0.2, 0.25) is 0 Å². The molecule has 0 fully saturated rings. The Hall–Kier alpha value is -3.22. The van der Waals surface area contributed by atoms with Crippen LogP contribution >= 0.6 is 0 Å². The van der Waals surface area contributed by atoms with Crippen molar-refractivity contribution in [2.45, 2.75) is 0 Å². The van der Waals surface area contributed by atoms with Crippen LogP contribution in [0.25, 0.3) is 0 Å². The summed E-state index contributed by atoms with van der Waals surface area (Å²) in [6, 6.07) is 31.7. The Kier molecular flexibility index (Phi) is 6.65. The van der Waals surface area contributed by atoms with Crippen LogP contribution in [0.4, 0.5) is 0 Å². The molecule has 0 spiro atoms. The van der Waals surface area contributed by atoms with E-state index in [1.807, 2.05) is 97.1 Å². The highest BCUT2D eigenvalue weighted by atomic mass is 13.8. The van der Waals surface area contributed by atoms with Crippen molar-refractivity contribution < 1.29 is 0 Å². The molecule has 0 saturated heterocycles. The summed E-state index contributed by atoms with van der Waals surface area (Å²) in [5.41, 5.74) is 1.98. The van der Waals surface area contributed by atoms with Crippen LogP contribution in [0.15, 0.2) is 97.1 Å². The second kappa shape index (κ2) is 9.65. The summed E-state index contributed by atoms with van der Waals surface area (Å²) in [5.74, 6) is 11.7. The Morgan fingerprint density at radius 3 is 0.955 bits per heavy atom. The maximum Gasteiger partial charge on any atom is 0.0255 e. The smallest absolute Gasteiger partial charge is 0.0255 e. The van der Waals surface area contributed by atoms with Gasteiger partial charge in [-0.15, -0.1) is 0 Å². The molecule has 0 aliphatic heterocycles. The molecule has 0 saturated carbocycles. The molecule has 0 amide bonds. The molecule has 0 unspecified atom stereocenters. The molecule has 0 N–H and O–H groups in total. The summed E-state index contributed by atoms with van der Waals surface area (Å²) in [6.45, 7) is 0. The van der Waals surface area contributed by atoms with E-state index in [2.05, 4.69) is 23.7 Å². The van der Waals surface area contributed by atoms with E-state index in [9.17, 15) is 0 Å². The third kappa shape index (κ3) is 6.29. The Bertz CT molecular complexity index is 682. The monoisotopic (exact) mass is 280 g/mol. The van der Waals surface area contributed by atoms with Crippen LogP contribution in [-0.2, 0) is 0 Å². The van der Waals surface area contributed by atoms with E-state index in [0.717, 1.165) is 11.1 Å². The molecular weight excluding hydrogens is 264 g/mol. The van der Waals surface area contributed by atoms with Gasteiger partial charge in [-0.2, -0.15) is 0 Å². The van der Waals surface area contributed by atoms with Gasteiger partial charge in [0.15, 0.2) is 0 Å². The predicted octanol–water partition coefficient (Wildman–Crippen LogP) is 4.78. The molecule has 0 aromatic heterocycles. The van der Waals surface area contributed by atoms with Gasteiger partial charge in [-0.05, 0) is 36.1 Å². The van der Waals surface area contributed by atoms with Crippen molar-refractivity contribution >= 4 is 0 Å². The number of rotatable bonds is 0.